The summed E-state index contributed by atoms with van der Waals surface area (Å²) in [5, 5.41) is 12.4. The predicted octanol–water partition coefficient (Wildman–Crippen LogP) is 4.67. The van der Waals surface area contributed by atoms with E-state index in [1.165, 1.54) is 0 Å². The number of nitrogens with zero attached hydrogens (tertiary/aromatic N) is 2. The van der Waals surface area contributed by atoms with Crippen LogP contribution in [0.1, 0.15) is 72.8 Å². The Morgan fingerprint density at radius 1 is 1.19 bits per heavy atom. The maximum atomic E-state index is 12.5. The number of carbonyl (C=O) groups is 2. The number of amides is 1. The summed E-state index contributed by atoms with van der Waals surface area (Å²) < 4.78 is 12.8. The van der Waals surface area contributed by atoms with Crippen molar-refractivity contribution in [1.82, 2.24) is 4.57 Å². The van der Waals surface area contributed by atoms with Gasteiger partial charge in [-0.3, -0.25) is 4.79 Å². The van der Waals surface area contributed by atoms with Crippen molar-refractivity contribution in [3.63, 3.8) is 0 Å². The van der Waals surface area contributed by atoms with Crippen molar-refractivity contribution in [3.8, 4) is 11.8 Å². The molecule has 1 aliphatic carbocycles. The van der Waals surface area contributed by atoms with Crippen LogP contribution in [-0.4, -0.2) is 29.2 Å². The van der Waals surface area contributed by atoms with Gasteiger partial charge in [-0.2, -0.15) is 5.26 Å². The molecule has 3 rings (SSSR count). The third-order valence-corrected chi connectivity index (χ3v) is 5.61. The highest BCUT2D eigenvalue weighted by Gasteiger charge is 2.27. The minimum Gasteiger partial charge on any atom is -0.491 e. The maximum Gasteiger partial charge on any atom is 0.338 e. The molecule has 0 spiro atoms. The van der Waals surface area contributed by atoms with Crippen LogP contribution in [0.25, 0.3) is 0 Å². The van der Waals surface area contributed by atoms with Crippen LogP contribution in [0.2, 0.25) is 0 Å². The quantitative estimate of drug-likeness (QED) is 0.653. The molecule has 0 saturated heterocycles. The molecule has 1 saturated carbocycles. The van der Waals surface area contributed by atoms with Gasteiger partial charge in [-0.15, -0.1) is 0 Å². The Kier molecular flexibility index (Phi) is 7.01. The lowest BCUT2D eigenvalue weighted by molar-refractivity contribution is -0.119. The van der Waals surface area contributed by atoms with E-state index in [9.17, 15) is 14.9 Å². The Balaban J connectivity index is 1.66. The fourth-order valence-corrected chi connectivity index (χ4v) is 4.03. The van der Waals surface area contributed by atoms with Gasteiger partial charge < -0.3 is 19.4 Å². The van der Waals surface area contributed by atoms with Crippen molar-refractivity contribution in [2.75, 3.05) is 11.9 Å². The highest BCUT2D eigenvalue weighted by Crippen LogP contribution is 2.37. The van der Waals surface area contributed by atoms with Gasteiger partial charge in [-0.25, -0.2) is 4.79 Å². The van der Waals surface area contributed by atoms with Crippen molar-refractivity contribution in [2.24, 2.45) is 0 Å². The van der Waals surface area contributed by atoms with Crippen molar-refractivity contribution in [1.29, 1.82) is 5.26 Å². The van der Waals surface area contributed by atoms with Gasteiger partial charge in [0.1, 0.15) is 17.6 Å². The van der Waals surface area contributed by atoms with Crippen molar-refractivity contribution < 1.29 is 19.1 Å². The molecular weight excluding hydrogens is 394 g/mol. The molecule has 1 aliphatic rings. The minimum absolute atomic E-state index is 0.0373. The molecule has 0 unspecified atom stereocenters. The first-order valence-corrected chi connectivity index (χ1v) is 10.7. The number of ether oxygens (including phenoxy) is 2. The maximum absolute atomic E-state index is 12.5. The molecule has 0 atom stereocenters. The number of nitrogens with one attached hydrogen (secondary N) is 1. The smallest absolute Gasteiger partial charge is 0.338 e. The molecule has 7 heteroatoms. The summed E-state index contributed by atoms with van der Waals surface area (Å²) in [5.74, 6) is 0.0963. The van der Waals surface area contributed by atoms with Crippen LogP contribution in [0, 0.1) is 25.2 Å². The molecule has 164 valence electrons. The summed E-state index contributed by atoms with van der Waals surface area (Å²) in [6.07, 6.45) is 4.35. The monoisotopic (exact) mass is 423 g/mol. The van der Waals surface area contributed by atoms with Crippen molar-refractivity contribution in [2.45, 2.75) is 65.5 Å². The number of hydrogen-bond donors (Lipinski definition) is 1. The van der Waals surface area contributed by atoms with E-state index in [0.717, 1.165) is 36.9 Å². The molecule has 1 amide bonds. The number of hydrogen-bond acceptors (Lipinski definition) is 5. The van der Waals surface area contributed by atoms with Gasteiger partial charge in [0, 0.05) is 11.7 Å². The van der Waals surface area contributed by atoms with Gasteiger partial charge in [-0.1, -0.05) is 12.8 Å². The van der Waals surface area contributed by atoms with Crippen molar-refractivity contribution in [3.05, 3.63) is 46.6 Å². The third kappa shape index (κ3) is 5.08. The zero-order valence-electron chi connectivity index (χ0n) is 18.5. The number of anilines is 1. The molecular formula is C24H29N3O4. The van der Waals surface area contributed by atoms with Gasteiger partial charge in [-0.05, 0) is 70.4 Å². The molecule has 1 fully saturated rings. The lowest BCUT2D eigenvalue weighted by Gasteiger charge is -2.19. The zero-order valence-corrected chi connectivity index (χ0v) is 18.5. The number of nitriles is 1. The van der Waals surface area contributed by atoms with Crippen LogP contribution in [0.3, 0.4) is 0 Å². The molecule has 1 N–H and O–H groups in total. The number of aromatic nitrogens is 1. The standard InChI is InChI=1S/C24H29N3O4/c1-15(2)31-20-11-9-18(10-12-20)24(29)30-14-22(28)26-23-21(13-25)16(3)17(4)27(23)19-7-5-6-8-19/h9-12,15,19H,5-8,14H2,1-4H3,(H,26,28). The highest BCUT2D eigenvalue weighted by atomic mass is 16.5. The van der Waals surface area contributed by atoms with Crippen LogP contribution < -0.4 is 10.1 Å². The molecule has 1 heterocycles. The van der Waals surface area contributed by atoms with Crippen LogP contribution in [0.5, 0.6) is 5.75 Å². The van der Waals surface area contributed by atoms with E-state index in [1.807, 2.05) is 27.7 Å². The predicted molar refractivity (Wildman–Crippen MR) is 117 cm³/mol. The third-order valence-electron chi connectivity index (χ3n) is 5.61. The fourth-order valence-electron chi connectivity index (χ4n) is 4.03. The topological polar surface area (TPSA) is 93.3 Å². The van der Waals surface area contributed by atoms with Gasteiger partial charge >= 0.3 is 5.97 Å². The summed E-state index contributed by atoms with van der Waals surface area (Å²) in [6, 6.07) is 9.06. The average Bonchev–Trinajstić information content (AvgIpc) is 3.33. The molecule has 7 nitrogen and oxygen atoms in total. The van der Waals surface area contributed by atoms with E-state index in [4.69, 9.17) is 9.47 Å². The van der Waals surface area contributed by atoms with E-state index in [-0.39, 0.29) is 12.1 Å². The molecule has 1 aromatic heterocycles. The van der Waals surface area contributed by atoms with Crippen LogP contribution in [0.4, 0.5) is 5.82 Å². The summed E-state index contributed by atoms with van der Waals surface area (Å²) in [4.78, 5) is 24.8. The summed E-state index contributed by atoms with van der Waals surface area (Å²) in [6.45, 7) is 7.27. The first-order valence-electron chi connectivity index (χ1n) is 10.7. The summed E-state index contributed by atoms with van der Waals surface area (Å²) in [5.41, 5.74) is 2.65. The first kappa shape index (κ1) is 22.4. The molecule has 0 radical (unpaired) electrons. The van der Waals surface area contributed by atoms with Crippen LogP contribution >= 0.6 is 0 Å². The lowest BCUT2D eigenvalue weighted by atomic mass is 10.2. The fraction of sp³-hybridized carbons (Fsp3) is 0.458. The van der Waals surface area contributed by atoms with Gasteiger partial charge in [0.2, 0.25) is 0 Å². The Morgan fingerprint density at radius 2 is 1.84 bits per heavy atom. The van der Waals surface area contributed by atoms with Crippen LogP contribution in [-0.2, 0) is 9.53 Å². The molecule has 0 bridgehead atoms. The van der Waals surface area contributed by atoms with Gasteiger partial charge in [0.05, 0.1) is 17.2 Å². The Morgan fingerprint density at radius 3 is 2.42 bits per heavy atom. The van der Waals surface area contributed by atoms with E-state index < -0.39 is 18.5 Å². The zero-order chi connectivity index (χ0) is 22.5. The van der Waals surface area contributed by atoms with E-state index in [0.29, 0.717) is 22.7 Å². The Bertz CT molecular complexity index is 993. The molecule has 0 aliphatic heterocycles. The summed E-state index contributed by atoms with van der Waals surface area (Å²) >= 11 is 0. The number of esters is 1. The second-order valence-electron chi connectivity index (χ2n) is 8.17. The summed E-state index contributed by atoms with van der Waals surface area (Å²) in [7, 11) is 0. The Hall–Kier alpha value is -3.27. The average molecular weight is 424 g/mol. The second kappa shape index (κ2) is 9.69. The van der Waals surface area contributed by atoms with Crippen molar-refractivity contribution >= 4 is 17.7 Å². The highest BCUT2D eigenvalue weighted by molar-refractivity contribution is 5.96. The first-order chi connectivity index (χ1) is 14.8. The van der Waals surface area contributed by atoms with E-state index in [1.54, 1.807) is 24.3 Å². The van der Waals surface area contributed by atoms with E-state index >= 15 is 0 Å². The largest absolute Gasteiger partial charge is 0.491 e. The number of benzene rings is 1. The lowest BCUT2D eigenvalue weighted by Crippen LogP contribution is -2.23. The number of rotatable bonds is 7. The minimum atomic E-state index is -0.592. The van der Waals surface area contributed by atoms with Crippen LogP contribution in [0.15, 0.2) is 24.3 Å². The number of carbonyl (C=O) groups excluding carboxylic acids is 2. The Labute approximate surface area is 183 Å². The van der Waals surface area contributed by atoms with Gasteiger partial charge in [0.25, 0.3) is 5.91 Å². The SMILES string of the molecule is Cc1c(C#N)c(NC(=O)COC(=O)c2ccc(OC(C)C)cc2)n(C2CCCC2)c1C. The normalized spacial score (nSPS) is 13.8. The molecule has 1 aromatic carbocycles. The second-order valence-corrected chi connectivity index (χ2v) is 8.17. The van der Waals surface area contributed by atoms with Gasteiger partial charge in [0.15, 0.2) is 6.61 Å². The molecule has 31 heavy (non-hydrogen) atoms. The molecule has 2 aromatic rings. The van der Waals surface area contributed by atoms with E-state index in [2.05, 4.69) is 16.0 Å².